The fourth-order valence-electron chi connectivity index (χ4n) is 4.03. The number of benzene rings is 2. The van der Waals surface area contributed by atoms with Gasteiger partial charge in [-0.1, -0.05) is 24.3 Å². The summed E-state index contributed by atoms with van der Waals surface area (Å²) in [5.41, 5.74) is 1.53. The lowest BCUT2D eigenvalue weighted by molar-refractivity contribution is -0.121. The second-order valence-electron chi connectivity index (χ2n) is 8.09. The lowest BCUT2D eigenvalue weighted by atomic mass is 10.1. The van der Waals surface area contributed by atoms with Crippen LogP contribution < -0.4 is 26.0 Å². The molecule has 9 nitrogen and oxygen atoms in total. The Morgan fingerprint density at radius 3 is 2.51 bits per heavy atom. The molecule has 4 rings (SSSR count). The minimum Gasteiger partial charge on any atom is -0.497 e. The summed E-state index contributed by atoms with van der Waals surface area (Å²) in [5.74, 6) is 0.626. The van der Waals surface area contributed by atoms with Crippen molar-refractivity contribution in [2.24, 2.45) is 0 Å². The standard InChI is InChI=1S/C26H26N4O5/c1-16-12-17(2)28-24-23(16)25(32)29(26(33)30(24)20-10-5-6-11-21(20)35-4)15-22(31)27-14-18-8-7-9-19(13-18)34-3/h5-13H,14-15H2,1-4H3,(H,27,31). The predicted octanol–water partition coefficient (Wildman–Crippen LogP) is 2.50. The average molecular weight is 475 g/mol. The van der Waals surface area contributed by atoms with E-state index in [0.717, 1.165) is 10.1 Å². The predicted molar refractivity (Wildman–Crippen MR) is 132 cm³/mol. The van der Waals surface area contributed by atoms with E-state index < -0.39 is 23.7 Å². The molecule has 0 spiro atoms. The van der Waals surface area contributed by atoms with Crippen molar-refractivity contribution in [3.05, 3.63) is 92.3 Å². The monoisotopic (exact) mass is 474 g/mol. The van der Waals surface area contributed by atoms with Gasteiger partial charge in [0, 0.05) is 12.2 Å². The van der Waals surface area contributed by atoms with Gasteiger partial charge < -0.3 is 14.8 Å². The van der Waals surface area contributed by atoms with Crippen LogP contribution in [0.4, 0.5) is 0 Å². The van der Waals surface area contributed by atoms with E-state index in [-0.39, 0.29) is 17.6 Å². The van der Waals surface area contributed by atoms with Gasteiger partial charge in [-0.2, -0.15) is 0 Å². The van der Waals surface area contributed by atoms with Crippen LogP contribution in [0.1, 0.15) is 16.8 Å². The summed E-state index contributed by atoms with van der Waals surface area (Å²) in [6.07, 6.45) is 0. The molecule has 4 aromatic rings. The number of rotatable bonds is 7. The Kier molecular flexibility index (Phi) is 6.68. The first-order valence-corrected chi connectivity index (χ1v) is 11.0. The van der Waals surface area contributed by atoms with Crippen LogP contribution in [0.2, 0.25) is 0 Å². The number of carbonyl (C=O) groups is 1. The molecule has 2 heterocycles. The van der Waals surface area contributed by atoms with Gasteiger partial charge in [0.25, 0.3) is 5.56 Å². The molecule has 0 fully saturated rings. The van der Waals surface area contributed by atoms with Crippen molar-refractivity contribution in [2.45, 2.75) is 26.9 Å². The molecule has 35 heavy (non-hydrogen) atoms. The molecule has 0 saturated heterocycles. The number of aromatic nitrogens is 3. The maximum Gasteiger partial charge on any atom is 0.337 e. The van der Waals surface area contributed by atoms with Crippen molar-refractivity contribution in [3.63, 3.8) is 0 Å². The molecule has 0 aliphatic rings. The molecule has 0 aliphatic carbocycles. The maximum atomic E-state index is 13.6. The molecule has 0 unspecified atom stereocenters. The third-order valence-corrected chi connectivity index (χ3v) is 5.67. The largest absolute Gasteiger partial charge is 0.497 e. The Labute approximate surface area is 201 Å². The number of hydrogen-bond donors (Lipinski definition) is 1. The minimum atomic E-state index is -0.680. The minimum absolute atomic E-state index is 0.218. The van der Waals surface area contributed by atoms with Crippen LogP contribution in [0.15, 0.2) is 64.2 Å². The summed E-state index contributed by atoms with van der Waals surface area (Å²) in [7, 11) is 3.06. The molecule has 0 bridgehead atoms. The number of amides is 1. The highest BCUT2D eigenvalue weighted by molar-refractivity contribution is 5.81. The molecule has 2 aromatic carbocycles. The van der Waals surface area contributed by atoms with E-state index in [1.807, 2.05) is 12.1 Å². The van der Waals surface area contributed by atoms with Crippen LogP contribution in [0.25, 0.3) is 16.7 Å². The Balaban J connectivity index is 1.80. The summed E-state index contributed by atoms with van der Waals surface area (Å²) < 4.78 is 12.9. The third kappa shape index (κ3) is 4.65. The molecule has 180 valence electrons. The summed E-state index contributed by atoms with van der Waals surface area (Å²) in [5, 5.41) is 3.03. The second-order valence-corrected chi connectivity index (χ2v) is 8.09. The summed E-state index contributed by atoms with van der Waals surface area (Å²) >= 11 is 0. The van der Waals surface area contributed by atoms with Gasteiger partial charge in [0.05, 0.1) is 25.3 Å². The van der Waals surface area contributed by atoms with Gasteiger partial charge in [0.2, 0.25) is 5.91 Å². The number of aryl methyl sites for hydroxylation is 2. The summed E-state index contributed by atoms with van der Waals surface area (Å²) in [4.78, 5) is 44.3. The van der Waals surface area contributed by atoms with Gasteiger partial charge in [-0.15, -0.1) is 0 Å². The number of nitrogens with zero attached hydrogens (tertiary/aromatic N) is 3. The van der Waals surface area contributed by atoms with E-state index in [9.17, 15) is 14.4 Å². The molecule has 1 amide bonds. The van der Waals surface area contributed by atoms with Crippen molar-refractivity contribution in [3.8, 4) is 17.2 Å². The van der Waals surface area contributed by atoms with Crippen LogP contribution in [0, 0.1) is 13.8 Å². The number of pyridine rings is 1. The Morgan fingerprint density at radius 2 is 1.77 bits per heavy atom. The van der Waals surface area contributed by atoms with Crippen molar-refractivity contribution in [1.29, 1.82) is 0 Å². The Morgan fingerprint density at radius 1 is 1.00 bits per heavy atom. The first-order valence-electron chi connectivity index (χ1n) is 11.0. The Hall–Kier alpha value is -4.40. The van der Waals surface area contributed by atoms with E-state index in [4.69, 9.17) is 9.47 Å². The topological polar surface area (TPSA) is 104 Å². The molecular weight excluding hydrogens is 448 g/mol. The quantitative estimate of drug-likeness (QED) is 0.441. The van der Waals surface area contributed by atoms with E-state index in [0.29, 0.717) is 28.4 Å². The molecular formula is C26H26N4O5. The fraction of sp³-hybridized carbons (Fsp3) is 0.231. The number of hydrogen-bond acceptors (Lipinski definition) is 6. The van der Waals surface area contributed by atoms with E-state index in [1.165, 1.54) is 11.7 Å². The highest BCUT2D eigenvalue weighted by Gasteiger charge is 2.21. The van der Waals surface area contributed by atoms with Gasteiger partial charge in [0.15, 0.2) is 5.65 Å². The first kappa shape index (κ1) is 23.7. The van der Waals surface area contributed by atoms with Crippen LogP contribution in [-0.4, -0.2) is 34.2 Å². The number of para-hydroxylation sites is 2. The zero-order valence-corrected chi connectivity index (χ0v) is 20.0. The molecule has 1 N–H and O–H groups in total. The van der Waals surface area contributed by atoms with Crippen LogP contribution in [-0.2, 0) is 17.9 Å². The van der Waals surface area contributed by atoms with Gasteiger partial charge in [-0.3, -0.25) is 9.59 Å². The summed E-state index contributed by atoms with van der Waals surface area (Å²) in [6.45, 7) is 3.35. The average Bonchev–Trinajstić information content (AvgIpc) is 2.85. The molecule has 0 atom stereocenters. The SMILES string of the molecule is COc1cccc(CNC(=O)Cn2c(=O)c3c(C)cc(C)nc3n(-c3ccccc3OC)c2=O)c1. The van der Waals surface area contributed by atoms with Gasteiger partial charge in [-0.25, -0.2) is 18.9 Å². The molecule has 9 heteroatoms. The van der Waals surface area contributed by atoms with E-state index >= 15 is 0 Å². The van der Waals surface area contributed by atoms with Crippen molar-refractivity contribution < 1.29 is 14.3 Å². The Bertz CT molecular complexity index is 1540. The van der Waals surface area contributed by atoms with Crippen LogP contribution in [0.5, 0.6) is 11.5 Å². The van der Waals surface area contributed by atoms with Crippen molar-refractivity contribution >= 4 is 16.9 Å². The number of nitrogens with one attached hydrogen (secondary N) is 1. The normalized spacial score (nSPS) is 10.9. The smallest absolute Gasteiger partial charge is 0.337 e. The third-order valence-electron chi connectivity index (χ3n) is 5.67. The molecule has 0 aliphatic heterocycles. The number of methoxy groups -OCH3 is 2. The van der Waals surface area contributed by atoms with E-state index in [1.54, 1.807) is 63.4 Å². The molecule has 0 radical (unpaired) electrons. The number of carbonyl (C=O) groups excluding carboxylic acids is 1. The fourth-order valence-corrected chi connectivity index (χ4v) is 4.03. The lowest BCUT2D eigenvalue weighted by Gasteiger charge is -2.17. The lowest BCUT2D eigenvalue weighted by Crippen LogP contribution is -2.44. The van der Waals surface area contributed by atoms with Crippen LogP contribution >= 0.6 is 0 Å². The van der Waals surface area contributed by atoms with Gasteiger partial charge in [0.1, 0.15) is 18.0 Å². The zero-order chi connectivity index (χ0) is 25.1. The highest BCUT2D eigenvalue weighted by Crippen LogP contribution is 2.24. The van der Waals surface area contributed by atoms with Gasteiger partial charge >= 0.3 is 5.69 Å². The molecule has 0 saturated carbocycles. The number of ether oxygens (including phenoxy) is 2. The first-order chi connectivity index (χ1) is 16.8. The number of fused-ring (bicyclic) bond motifs is 1. The van der Waals surface area contributed by atoms with Crippen molar-refractivity contribution in [1.82, 2.24) is 19.4 Å². The van der Waals surface area contributed by atoms with Gasteiger partial charge in [-0.05, 0) is 55.3 Å². The van der Waals surface area contributed by atoms with Crippen molar-refractivity contribution in [2.75, 3.05) is 14.2 Å². The zero-order valence-electron chi connectivity index (χ0n) is 20.0. The maximum absolute atomic E-state index is 13.6. The summed E-state index contributed by atoms with van der Waals surface area (Å²) in [6, 6.07) is 16.0. The highest BCUT2D eigenvalue weighted by atomic mass is 16.5. The second kappa shape index (κ2) is 9.84. The van der Waals surface area contributed by atoms with Crippen LogP contribution in [0.3, 0.4) is 0 Å². The van der Waals surface area contributed by atoms with E-state index in [2.05, 4.69) is 10.3 Å². The molecule has 2 aromatic heterocycles.